The fourth-order valence-electron chi connectivity index (χ4n) is 2.95. The minimum atomic E-state index is -0.322. The zero-order chi connectivity index (χ0) is 15.0. The van der Waals surface area contributed by atoms with Gasteiger partial charge in [0.2, 0.25) is 0 Å². The second-order valence-electron chi connectivity index (χ2n) is 6.03. The van der Waals surface area contributed by atoms with Crippen molar-refractivity contribution in [2.24, 2.45) is 5.92 Å². The van der Waals surface area contributed by atoms with Crippen molar-refractivity contribution in [1.29, 1.82) is 0 Å². The Kier molecular flexibility index (Phi) is 3.61. The molecule has 0 bridgehead atoms. The van der Waals surface area contributed by atoms with Gasteiger partial charge in [-0.2, -0.15) is 0 Å². The molecule has 0 aliphatic heterocycles. The minimum Gasteiger partial charge on any atom is -0.398 e. The van der Waals surface area contributed by atoms with E-state index in [2.05, 4.69) is 22.4 Å². The SMILES string of the molecule is Cc1c(N)cc(-c2nnnn2C2CCC(C)CC2)cc1F. The number of tetrazole rings is 1. The highest BCUT2D eigenvalue weighted by Gasteiger charge is 2.24. The summed E-state index contributed by atoms with van der Waals surface area (Å²) in [6.07, 6.45) is 4.47. The van der Waals surface area contributed by atoms with Crippen LogP contribution in [0.2, 0.25) is 0 Å². The van der Waals surface area contributed by atoms with Gasteiger partial charge in [-0.15, -0.1) is 5.10 Å². The number of aromatic nitrogens is 4. The van der Waals surface area contributed by atoms with Crippen molar-refractivity contribution in [3.63, 3.8) is 0 Å². The maximum absolute atomic E-state index is 13.9. The van der Waals surface area contributed by atoms with Gasteiger partial charge in [-0.3, -0.25) is 0 Å². The van der Waals surface area contributed by atoms with Gasteiger partial charge in [-0.25, -0.2) is 9.07 Å². The maximum atomic E-state index is 13.9. The Morgan fingerprint density at radius 3 is 2.62 bits per heavy atom. The molecule has 0 saturated heterocycles. The van der Waals surface area contributed by atoms with Gasteiger partial charge in [0.05, 0.1) is 6.04 Å². The average Bonchev–Trinajstić information content (AvgIpc) is 2.94. The Labute approximate surface area is 123 Å². The van der Waals surface area contributed by atoms with Crippen molar-refractivity contribution in [2.75, 3.05) is 5.73 Å². The fourth-order valence-corrected chi connectivity index (χ4v) is 2.95. The van der Waals surface area contributed by atoms with E-state index in [0.29, 0.717) is 22.6 Å². The number of anilines is 1. The second kappa shape index (κ2) is 5.42. The molecule has 1 aromatic carbocycles. The molecule has 1 heterocycles. The van der Waals surface area contributed by atoms with Crippen molar-refractivity contribution in [2.45, 2.75) is 45.6 Å². The molecule has 0 atom stereocenters. The molecule has 6 heteroatoms. The van der Waals surface area contributed by atoms with Crippen LogP contribution >= 0.6 is 0 Å². The van der Waals surface area contributed by atoms with E-state index in [1.165, 1.54) is 18.9 Å². The summed E-state index contributed by atoms with van der Waals surface area (Å²) in [7, 11) is 0. The third kappa shape index (κ3) is 2.62. The van der Waals surface area contributed by atoms with Gasteiger partial charge in [0.1, 0.15) is 5.82 Å². The van der Waals surface area contributed by atoms with E-state index in [4.69, 9.17) is 5.73 Å². The molecule has 112 valence electrons. The first kappa shape index (κ1) is 14.0. The van der Waals surface area contributed by atoms with Gasteiger partial charge in [0.25, 0.3) is 0 Å². The highest BCUT2D eigenvalue weighted by atomic mass is 19.1. The summed E-state index contributed by atoms with van der Waals surface area (Å²) in [5, 5.41) is 12.0. The Bertz CT molecular complexity index is 620. The van der Waals surface area contributed by atoms with E-state index in [9.17, 15) is 4.39 Å². The first-order valence-corrected chi connectivity index (χ1v) is 7.40. The summed E-state index contributed by atoms with van der Waals surface area (Å²) in [5.74, 6) is 1.03. The van der Waals surface area contributed by atoms with Crippen LogP contribution in [0.5, 0.6) is 0 Å². The van der Waals surface area contributed by atoms with Crippen molar-refractivity contribution in [1.82, 2.24) is 20.2 Å². The molecule has 1 aromatic heterocycles. The van der Waals surface area contributed by atoms with E-state index >= 15 is 0 Å². The van der Waals surface area contributed by atoms with Crippen LogP contribution < -0.4 is 5.73 Å². The first-order valence-electron chi connectivity index (χ1n) is 7.40. The number of nitrogens with two attached hydrogens (primary N) is 1. The molecule has 21 heavy (non-hydrogen) atoms. The Hall–Kier alpha value is -1.98. The highest BCUT2D eigenvalue weighted by molar-refractivity contribution is 5.64. The lowest BCUT2D eigenvalue weighted by atomic mass is 9.87. The van der Waals surface area contributed by atoms with Gasteiger partial charge >= 0.3 is 0 Å². The van der Waals surface area contributed by atoms with Crippen LogP contribution in [0, 0.1) is 18.7 Å². The van der Waals surface area contributed by atoms with Crippen LogP contribution in [0.15, 0.2) is 12.1 Å². The summed E-state index contributed by atoms with van der Waals surface area (Å²) in [5.41, 5.74) is 7.38. The molecular weight excluding hydrogens is 269 g/mol. The van der Waals surface area contributed by atoms with Crippen molar-refractivity contribution < 1.29 is 4.39 Å². The summed E-state index contributed by atoms with van der Waals surface area (Å²) < 4.78 is 15.7. The molecule has 0 unspecified atom stereocenters. The van der Waals surface area contributed by atoms with E-state index < -0.39 is 0 Å². The standard InChI is InChI=1S/C15H20FN5/c1-9-3-5-12(6-4-9)21-15(18-19-20-21)11-7-13(16)10(2)14(17)8-11/h7-9,12H,3-6,17H2,1-2H3. The summed E-state index contributed by atoms with van der Waals surface area (Å²) >= 11 is 0. The zero-order valence-corrected chi connectivity index (χ0v) is 12.4. The number of benzene rings is 1. The number of halogens is 1. The Balaban J connectivity index is 1.96. The second-order valence-corrected chi connectivity index (χ2v) is 6.03. The smallest absolute Gasteiger partial charge is 0.182 e. The van der Waals surface area contributed by atoms with Gasteiger partial charge in [0, 0.05) is 16.8 Å². The van der Waals surface area contributed by atoms with E-state index in [0.717, 1.165) is 18.8 Å². The van der Waals surface area contributed by atoms with Crippen molar-refractivity contribution in [3.05, 3.63) is 23.5 Å². The van der Waals surface area contributed by atoms with Crippen LogP contribution in [0.25, 0.3) is 11.4 Å². The van der Waals surface area contributed by atoms with Crippen molar-refractivity contribution >= 4 is 5.69 Å². The molecule has 0 spiro atoms. The molecule has 2 aromatic rings. The van der Waals surface area contributed by atoms with Gasteiger partial charge in [-0.05, 0) is 61.1 Å². The Morgan fingerprint density at radius 1 is 1.24 bits per heavy atom. The third-order valence-electron chi connectivity index (χ3n) is 4.47. The number of hydrogen-bond acceptors (Lipinski definition) is 4. The lowest BCUT2D eigenvalue weighted by molar-refractivity contribution is 0.272. The quantitative estimate of drug-likeness (QED) is 0.862. The average molecular weight is 289 g/mol. The van der Waals surface area contributed by atoms with Crippen LogP contribution in [0.4, 0.5) is 10.1 Å². The topological polar surface area (TPSA) is 69.6 Å². The lowest BCUT2D eigenvalue weighted by Gasteiger charge is -2.26. The molecule has 0 amide bonds. The van der Waals surface area contributed by atoms with Crippen molar-refractivity contribution in [3.8, 4) is 11.4 Å². The van der Waals surface area contributed by atoms with Gasteiger partial charge < -0.3 is 5.73 Å². The largest absolute Gasteiger partial charge is 0.398 e. The molecule has 1 aliphatic carbocycles. The number of nitrogen functional groups attached to an aromatic ring is 1. The molecule has 3 rings (SSSR count). The summed E-state index contributed by atoms with van der Waals surface area (Å²) in [6.45, 7) is 3.94. The predicted molar refractivity (Wildman–Crippen MR) is 79.0 cm³/mol. The highest BCUT2D eigenvalue weighted by Crippen LogP contribution is 2.34. The maximum Gasteiger partial charge on any atom is 0.182 e. The predicted octanol–water partition coefficient (Wildman–Crippen LogP) is 3.12. The lowest BCUT2D eigenvalue weighted by Crippen LogP contribution is -2.18. The molecular formula is C15H20FN5. The van der Waals surface area contributed by atoms with E-state index in [1.54, 1.807) is 13.0 Å². The van der Waals surface area contributed by atoms with Crippen LogP contribution in [0.3, 0.4) is 0 Å². The Morgan fingerprint density at radius 2 is 1.95 bits per heavy atom. The molecule has 1 aliphatic rings. The van der Waals surface area contributed by atoms with E-state index in [-0.39, 0.29) is 11.9 Å². The number of rotatable bonds is 2. The van der Waals surface area contributed by atoms with Crippen LogP contribution in [-0.4, -0.2) is 20.2 Å². The normalized spacial score (nSPS) is 22.4. The molecule has 2 N–H and O–H groups in total. The number of hydrogen-bond donors (Lipinski definition) is 1. The van der Waals surface area contributed by atoms with Gasteiger partial charge in [-0.1, -0.05) is 6.92 Å². The first-order chi connectivity index (χ1) is 10.1. The van der Waals surface area contributed by atoms with Gasteiger partial charge in [0.15, 0.2) is 5.82 Å². The zero-order valence-electron chi connectivity index (χ0n) is 12.4. The summed E-state index contributed by atoms with van der Waals surface area (Å²) in [4.78, 5) is 0. The van der Waals surface area contributed by atoms with E-state index in [1.807, 2.05) is 4.68 Å². The summed E-state index contributed by atoms with van der Waals surface area (Å²) in [6, 6.07) is 3.49. The fraction of sp³-hybridized carbons (Fsp3) is 0.533. The molecule has 0 radical (unpaired) electrons. The van der Waals surface area contributed by atoms with Crippen LogP contribution in [0.1, 0.15) is 44.2 Å². The van der Waals surface area contributed by atoms with Crippen LogP contribution in [-0.2, 0) is 0 Å². The molecule has 5 nitrogen and oxygen atoms in total. The number of nitrogens with zero attached hydrogens (tertiary/aromatic N) is 4. The monoisotopic (exact) mass is 289 g/mol. The third-order valence-corrected chi connectivity index (χ3v) is 4.47. The minimum absolute atomic E-state index is 0.289. The molecule has 1 fully saturated rings. The molecule has 1 saturated carbocycles.